The molecule has 2 aromatic rings. The average molecular weight is 473 g/mol. The van der Waals surface area contributed by atoms with Crippen molar-refractivity contribution >= 4 is 46.7 Å². The largest absolute Gasteiger partial charge is 0.370 e. The van der Waals surface area contributed by atoms with Crippen LogP contribution in [0.4, 0.5) is 20.3 Å². The first-order valence-electron chi connectivity index (χ1n) is 10.1. The summed E-state index contributed by atoms with van der Waals surface area (Å²) >= 11 is 13.7. The molecule has 162 valence electrons. The summed E-state index contributed by atoms with van der Waals surface area (Å²) in [5, 5.41) is 0.337. The number of aromatic nitrogens is 1. The number of rotatable bonds is 5. The number of piperidine rings is 1. The predicted octanol–water partition coefficient (Wildman–Crippen LogP) is 5.95. The molecule has 4 rings (SSSR count). The number of pyridine rings is 1. The molecule has 1 unspecified atom stereocenters. The van der Waals surface area contributed by atoms with E-state index in [0.717, 1.165) is 44.5 Å². The molecule has 30 heavy (non-hydrogen) atoms. The lowest BCUT2D eigenvalue weighted by Gasteiger charge is -2.32. The van der Waals surface area contributed by atoms with Gasteiger partial charge in [-0.05, 0) is 81.4 Å². The first-order valence-corrected chi connectivity index (χ1v) is 11.7. The van der Waals surface area contributed by atoms with Crippen LogP contribution < -0.4 is 9.62 Å². The molecule has 2 aliphatic rings. The third-order valence-corrected chi connectivity index (χ3v) is 7.75. The fourth-order valence-corrected chi connectivity index (χ4v) is 5.64. The van der Waals surface area contributed by atoms with Crippen LogP contribution in [0.3, 0.4) is 0 Å². The molecule has 3 heterocycles. The zero-order valence-corrected chi connectivity index (χ0v) is 19.0. The summed E-state index contributed by atoms with van der Waals surface area (Å²) in [4.78, 5) is 8.39. The van der Waals surface area contributed by atoms with Gasteiger partial charge in [-0.15, -0.1) is 0 Å². The predicted molar refractivity (Wildman–Crippen MR) is 121 cm³/mol. The summed E-state index contributed by atoms with van der Waals surface area (Å²) in [6, 6.07) is 6.08. The van der Waals surface area contributed by atoms with Gasteiger partial charge in [-0.3, -0.25) is 0 Å². The van der Waals surface area contributed by atoms with Crippen molar-refractivity contribution in [3.8, 4) is 0 Å². The Morgan fingerprint density at radius 1 is 1.10 bits per heavy atom. The zero-order valence-electron chi connectivity index (χ0n) is 16.7. The van der Waals surface area contributed by atoms with E-state index < -0.39 is 11.8 Å². The number of likely N-dealkylation sites (tertiary alicyclic amines) is 1. The Morgan fingerprint density at radius 2 is 1.83 bits per heavy atom. The Bertz CT molecular complexity index is 909. The molecule has 1 atom stereocenters. The molecule has 4 nitrogen and oxygen atoms in total. The Morgan fingerprint density at radius 3 is 2.57 bits per heavy atom. The fraction of sp³-hybridized carbons (Fsp3) is 0.476. The van der Waals surface area contributed by atoms with Crippen LogP contribution in [0.15, 0.2) is 29.2 Å². The number of halogens is 4. The number of hydrogen-bond donors (Lipinski definition) is 1. The van der Waals surface area contributed by atoms with Crippen LogP contribution in [0.5, 0.6) is 0 Å². The van der Waals surface area contributed by atoms with E-state index in [2.05, 4.69) is 26.6 Å². The minimum absolute atomic E-state index is 0.0694. The molecule has 0 saturated carbocycles. The van der Waals surface area contributed by atoms with Crippen molar-refractivity contribution in [2.75, 3.05) is 42.8 Å². The second kappa shape index (κ2) is 9.47. The number of nitrogens with zero attached hydrogens (tertiary/aromatic N) is 3. The summed E-state index contributed by atoms with van der Waals surface area (Å²) in [5.41, 5.74) is 0.642. The van der Waals surface area contributed by atoms with E-state index in [0.29, 0.717) is 17.5 Å². The molecule has 0 spiro atoms. The van der Waals surface area contributed by atoms with E-state index in [9.17, 15) is 4.39 Å². The lowest BCUT2D eigenvalue weighted by atomic mass is 9.84. The van der Waals surface area contributed by atoms with Crippen molar-refractivity contribution in [2.24, 2.45) is 11.8 Å². The first kappa shape index (κ1) is 21.9. The van der Waals surface area contributed by atoms with Gasteiger partial charge in [-0.1, -0.05) is 29.3 Å². The molecule has 1 aromatic carbocycles. The summed E-state index contributed by atoms with van der Waals surface area (Å²) in [7, 11) is 2.17. The Hall–Kier alpha value is -1.28. The van der Waals surface area contributed by atoms with Crippen LogP contribution in [0.25, 0.3) is 0 Å². The number of anilines is 2. The van der Waals surface area contributed by atoms with Gasteiger partial charge in [0.25, 0.3) is 0 Å². The lowest BCUT2D eigenvalue weighted by molar-refractivity contribution is 0.178. The van der Waals surface area contributed by atoms with Gasteiger partial charge in [-0.2, -0.15) is 4.39 Å². The highest BCUT2D eigenvalue weighted by Crippen LogP contribution is 2.42. The quantitative estimate of drug-likeness (QED) is 0.329. The van der Waals surface area contributed by atoms with Gasteiger partial charge >= 0.3 is 0 Å². The maximum absolute atomic E-state index is 15.0. The van der Waals surface area contributed by atoms with Crippen molar-refractivity contribution in [1.29, 1.82) is 0 Å². The summed E-state index contributed by atoms with van der Waals surface area (Å²) < 4.78 is 31.1. The number of hydrogen-bond acceptors (Lipinski definition) is 5. The number of nitrogens with one attached hydrogen (secondary N) is 1. The van der Waals surface area contributed by atoms with Crippen molar-refractivity contribution in [1.82, 2.24) is 9.88 Å². The second-order valence-corrected chi connectivity index (χ2v) is 9.62. The summed E-state index contributed by atoms with van der Waals surface area (Å²) in [6.45, 7) is 4.01. The van der Waals surface area contributed by atoms with Crippen LogP contribution in [0.1, 0.15) is 19.3 Å². The van der Waals surface area contributed by atoms with Crippen molar-refractivity contribution in [3.63, 3.8) is 0 Å². The van der Waals surface area contributed by atoms with Crippen LogP contribution in [-0.2, 0) is 0 Å². The first-order chi connectivity index (χ1) is 14.4. The van der Waals surface area contributed by atoms with E-state index in [-0.39, 0.29) is 20.8 Å². The van der Waals surface area contributed by atoms with E-state index in [4.69, 9.17) is 23.2 Å². The minimum atomic E-state index is -0.617. The van der Waals surface area contributed by atoms with E-state index in [1.54, 1.807) is 12.1 Å². The molecular formula is C21H24Cl2F2N4S. The van der Waals surface area contributed by atoms with E-state index in [1.165, 1.54) is 25.0 Å². The molecule has 2 fully saturated rings. The third kappa shape index (κ3) is 4.79. The third-order valence-electron chi connectivity index (χ3n) is 6.07. The highest BCUT2D eigenvalue weighted by molar-refractivity contribution is 8.00. The van der Waals surface area contributed by atoms with Gasteiger partial charge in [0.1, 0.15) is 10.8 Å². The van der Waals surface area contributed by atoms with Gasteiger partial charge in [0, 0.05) is 13.1 Å². The Labute approximate surface area is 190 Å². The van der Waals surface area contributed by atoms with Gasteiger partial charge in [0.15, 0.2) is 5.82 Å². The van der Waals surface area contributed by atoms with Crippen LogP contribution >= 0.6 is 35.1 Å². The van der Waals surface area contributed by atoms with E-state index in [1.807, 2.05) is 0 Å². The second-order valence-electron chi connectivity index (χ2n) is 8.02. The molecule has 2 saturated heterocycles. The SMILES string of the molecule is CN1CCC(C2CCN(c3cc(Cl)c(SNc4cccc(F)n4)c(F)c3Cl)C2)CC1. The van der Waals surface area contributed by atoms with Gasteiger partial charge in [0.2, 0.25) is 5.95 Å². The Balaban J connectivity index is 1.46. The van der Waals surface area contributed by atoms with E-state index >= 15 is 4.39 Å². The van der Waals surface area contributed by atoms with Crippen molar-refractivity contribution in [3.05, 3.63) is 46.1 Å². The molecule has 0 amide bonds. The van der Waals surface area contributed by atoms with Crippen molar-refractivity contribution in [2.45, 2.75) is 24.2 Å². The topological polar surface area (TPSA) is 31.4 Å². The molecule has 0 radical (unpaired) electrons. The highest BCUT2D eigenvalue weighted by atomic mass is 35.5. The highest BCUT2D eigenvalue weighted by Gasteiger charge is 2.33. The smallest absolute Gasteiger partial charge is 0.214 e. The fourth-order valence-electron chi connectivity index (χ4n) is 4.35. The van der Waals surface area contributed by atoms with Gasteiger partial charge in [0.05, 0.1) is 15.6 Å². The molecule has 1 aromatic heterocycles. The maximum Gasteiger partial charge on any atom is 0.214 e. The standard InChI is InChI=1S/C21H24Cl2F2N4S/c1-28-8-5-13(6-9-28)14-7-10-29(12-14)16-11-15(22)21(20(25)19(16)23)30-27-18-4-2-3-17(24)26-18/h2-4,11,13-14H,5-10,12H2,1H3,(H,26,27). The Kier molecular flexibility index (Phi) is 6.92. The molecule has 0 aliphatic carbocycles. The monoisotopic (exact) mass is 472 g/mol. The van der Waals surface area contributed by atoms with Gasteiger partial charge < -0.3 is 14.5 Å². The molecule has 9 heteroatoms. The minimum Gasteiger partial charge on any atom is -0.370 e. The molecule has 2 aliphatic heterocycles. The molecular weight excluding hydrogens is 449 g/mol. The molecule has 0 bridgehead atoms. The normalized spacial score (nSPS) is 20.7. The maximum atomic E-state index is 15.0. The van der Waals surface area contributed by atoms with Crippen molar-refractivity contribution < 1.29 is 8.78 Å². The van der Waals surface area contributed by atoms with Crippen LogP contribution in [-0.4, -0.2) is 43.1 Å². The molecule has 1 N–H and O–H groups in total. The average Bonchev–Trinajstić information content (AvgIpc) is 3.21. The lowest BCUT2D eigenvalue weighted by Crippen LogP contribution is -2.34. The summed E-state index contributed by atoms with van der Waals surface area (Å²) in [6.07, 6.45) is 3.52. The number of benzene rings is 1. The van der Waals surface area contributed by atoms with Crippen LogP contribution in [0.2, 0.25) is 10.0 Å². The zero-order chi connectivity index (χ0) is 21.3. The van der Waals surface area contributed by atoms with Gasteiger partial charge in [-0.25, -0.2) is 9.37 Å². The summed E-state index contributed by atoms with van der Waals surface area (Å²) in [5.74, 6) is 0.398. The van der Waals surface area contributed by atoms with Crippen LogP contribution in [0, 0.1) is 23.6 Å².